The summed E-state index contributed by atoms with van der Waals surface area (Å²) in [6.07, 6.45) is 1.81. The number of hydrogen-bond donors (Lipinski definition) is 1. The predicted octanol–water partition coefficient (Wildman–Crippen LogP) is 3.50. The van der Waals surface area contributed by atoms with E-state index in [2.05, 4.69) is 9.97 Å². The van der Waals surface area contributed by atoms with E-state index in [0.29, 0.717) is 17.3 Å². The summed E-state index contributed by atoms with van der Waals surface area (Å²) in [4.78, 5) is 9.02. The summed E-state index contributed by atoms with van der Waals surface area (Å²) in [5.74, 6) is 1.00. The molecule has 0 radical (unpaired) electrons. The molecule has 0 saturated carbocycles. The number of thiophene rings is 1. The summed E-state index contributed by atoms with van der Waals surface area (Å²) in [7, 11) is -3.40. The maximum atomic E-state index is 12.9. The average Bonchev–Trinajstić information content (AvgIpc) is 3.21. The van der Waals surface area contributed by atoms with Crippen LogP contribution in [0.2, 0.25) is 0 Å². The number of benzene rings is 1. The molecule has 4 rings (SSSR count). The van der Waals surface area contributed by atoms with Gasteiger partial charge in [0.2, 0.25) is 0 Å². The second-order valence-electron chi connectivity index (χ2n) is 6.21. The molecule has 1 aliphatic heterocycles. The van der Waals surface area contributed by atoms with Gasteiger partial charge >= 0.3 is 0 Å². The number of nitrogens with zero attached hydrogens (tertiary/aromatic N) is 2. The highest BCUT2D eigenvalue weighted by atomic mass is 32.2. The van der Waals surface area contributed by atoms with Crippen molar-refractivity contribution in [2.45, 2.75) is 29.9 Å². The van der Waals surface area contributed by atoms with Gasteiger partial charge in [0, 0.05) is 23.9 Å². The van der Waals surface area contributed by atoms with Crippen LogP contribution in [0.5, 0.6) is 0 Å². The first-order chi connectivity index (χ1) is 11.5. The summed E-state index contributed by atoms with van der Waals surface area (Å²) in [6, 6.07) is 11.5. The first kappa shape index (κ1) is 15.8. The lowest BCUT2D eigenvalue weighted by molar-refractivity contribution is 0.311. The number of nitrogens with one attached hydrogen (secondary N) is 1. The molecule has 1 fully saturated rings. The van der Waals surface area contributed by atoms with Crippen LogP contribution in [0.15, 0.2) is 40.6 Å². The summed E-state index contributed by atoms with van der Waals surface area (Å²) < 4.78 is 27.8. The van der Waals surface area contributed by atoms with E-state index < -0.39 is 10.0 Å². The van der Waals surface area contributed by atoms with Gasteiger partial charge in [0.25, 0.3) is 10.0 Å². The lowest BCUT2D eigenvalue weighted by atomic mass is 9.99. The third-order valence-electron chi connectivity index (χ3n) is 4.49. The number of para-hydroxylation sites is 2. The van der Waals surface area contributed by atoms with Crippen LogP contribution in [0.3, 0.4) is 0 Å². The minimum atomic E-state index is -3.40. The van der Waals surface area contributed by atoms with Gasteiger partial charge in [-0.15, -0.1) is 11.3 Å². The topological polar surface area (TPSA) is 66.1 Å². The maximum Gasteiger partial charge on any atom is 0.252 e. The number of H-pyrrole nitrogens is 1. The number of aryl methyl sites for hydroxylation is 1. The van der Waals surface area contributed by atoms with Crippen molar-refractivity contribution in [3.05, 3.63) is 47.1 Å². The van der Waals surface area contributed by atoms with E-state index in [1.165, 1.54) is 11.3 Å². The minimum Gasteiger partial charge on any atom is -0.342 e. The normalized spacial score (nSPS) is 19.8. The fourth-order valence-corrected chi connectivity index (χ4v) is 6.19. The van der Waals surface area contributed by atoms with Gasteiger partial charge in [0.15, 0.2) is 0 Å². The molecule has 0 spiro atoms. The van der Waals surface area contributed by atoms with Crippen LogP contribution in [0.4, 0.5) is 0 Å². The molecule has 2 aromatic heterocycles. The standard InChI is InChI=1S/C17H19N3O2S2/c1-12-8-9-16(23-12)24(21,22)20-10-4-5-13(11-20)17-18-14-6-2-3-7-15(14)19-17/h2-3,6-9,13H,4-5,10-11H2,1H3,(H,18,19). The first-order valence-electron chi connectivity index (χ1n) is 8.05. The summed E-state index contributed by atoms with van der Waals surface area (Å²) in [6.45, 7) is 2.99. The van der Waals surface area contributed by atoms with Crippen LogP contribution in [0, 0.1) is 6.92 Å². The summed E-state index contributed by atoms with van der Waals surface area (Å²) in [5.41, 5.74) is 1.93. The monoisotopic (exact) mass is 361 g/mol. The minimum absolute atomic E-state index is 0.113. The Labute approximate surface area is 145 Å². The second kappa shape index (κ2) is 5.98. The number of sulfonamides is 1. The Bertz CT molecular complexity index is 942. The van der Waals surface area contributed by atoms with Crippen molar-refractivity contribution in [1.29, 1.82) is 0 Å². The predicted molar refractivity (Wildman–Crippen MR) is 95.9 cm³/mol. The maximum absolute atomic E-state index is 12.9. The smallest absolute Gasteiger partial charge is 0.252 e. The number of aromatic nitrogens is 2. The molecule has 1 unspecified atom stereocenters. The van der Waals surface area contributed by atoms with Crippen LogP contribution in [-0.2, 0) is 10.0 Å². The van der Waals surface area contributed by atoms with Gasteiger partial charge in [-0.05, 0) is 44.0 Å². The van der Waals surface area contributed by atoms with Crippen molar-refractivity contribution >= 4 is 32.4 Å². The molecule has 24 heavy (non-hydrogen) atoms. The van der Waals surface area contributed by atoms with Crippen LogP contribution in [0.25, 0.3) is 11.0 Å². The highest BCUT2D eigenvalue weighted by Crippen LogP contribution is 2.32. The highest BCUT2D eigenvalue weighted by molar-refractivity contribution is 7.91. The van der Waals surface area contributed by atoms with Gasteiger partial charge in [0.1, 0.15) is 10.0 Å². The van der Waals surface area contributed by atoms with E-state index in [9.17, 15) is 8.42 Å². The zero-order chi connectivity index (χ0) is 16.7. The van der Waals surface area contributed by atoms with E-state index in [1.54, 1.807) is 10.4 Å². The number of imidazole rings is 1. The molecule has 3 heterocycles. The number of fused-ring (bicyclic) bond motifs is 1. The molecule has 3 aromatic rings. The summed E-state index contributed by atoms with van der Waals surface area (Å²) >= 11 is 1.34. The van der Waals surface area contributed by atoms with Gasteiger partial charge < -0.3 is 4.98 Å². The molecule has 0 aliphatic carbocycles. The fraction of sp³-hybridized carbons (Fsp3) is 0.353. The van der Waals surface area contributed by atoms with Crippen molar-refractivity contribution < 1.29 is 8.42 Å². The zero-order valence-electron chi connectivity index (χ0n) is 13.4. The van der Waals surface area contributed by atoms with Gasteiger partial charge in [0.05, 0.1) is 11.0 Å². The van der Waals surface area contributed by atoms with Crippen LogP contribution in [-0.4, -0.2) is 35.8 Å². The van der Waals surface area contributed by atoms with E-state index in [4.69, 9.17) is 0 Å². The van der Waals surface area contributed by atoms with E-state index in [-0.39, 0.29) is 5.92 Å². The Balaban J connectivity index is 1.61. The van der Waals surface area contributed by atoms with E-state index in [1.807, 2.05) is 37.3 Å². The third kappa shape index (κ3) is 2.76. The zero-order valence-corrected chi connectivity index (χ0v) is 15.0. The molecular formula is C17H19N3O2S2. The van der Waals surface area contributed by atoms with Crippen LogP contribution < -0.4 is 0 Å². The molecule has 5 nitrogen and oxygen atoms in total. The molecule has 1 aromatic carbocycles. The summed E-state index contributed by atoms with van der Waals surface area (Å²) in [5, 5.41) is 0. The molecule has 1 aliphatic rings. The molecular weight excluding hydrogens is 342 g/mol. The van der Waals surface area contributed by atoms with Crippen molar-refractivity contribution in [1.82, 2.24) is 14.3 Å². The quantitative estimate of drug-likeness (QED) is 0.776. The third-order valence-corrected chi connectivity index (χ3v) is 7.82. The van der Waals surface area contributed by atoms with E-state index >= 15 is 0 Å². The SMILES string of the molecule is Cc1ccc(S(=O)(=O)N2CCCC(c3nc4ccccc4[nH]3)C2)s1. The lowest BCUT2D eigenvalue weighted by Crippen LogP contribution is -2.39. The first-order valence-corrected chi connectivity index (χ1v) is 10.3. The lowest BCUT2D eigenvalue weighted by Gasteiger charge is -2.30. The molecule has 7 heteroatoms. The highest BCUT2D eigenvalue weighted by Gasteiger charge is 2.32. The second-order valence-corrected chi connectivity index (χ2v) is 9.66. The molecule has 126 valence electrons. The van der Waals surface area contributed by atoms with Crippen molar-refractivity contribution in [2.24, 2.45) is 0 Å². The largest absolute Gasteiger partial charge is 0.342 e. The van der Waals surface area contributed by atoms with Gasteiger partial charge in [-0.2, -0.15) is 4.31 Å². The fourth-order valence-electron chi connectivity index (χ4n) is 3.23. The molecule has 0 bridgehead atoms. The molecule has 1 N–H and O–H groups in total. The number of piperidine rings is 1. The Morgan fingerprint density at radius 3 is 2.83 bits per heavy atom. The van der Waals surface area contributed by atoms with Crippen molar-refractivity contribution in [3.63, 3.8) is 0 Å². The Kier molecular flexibility index (Phi) is 3.94. The van der Waals surface area contributed by atoms with E-state index in [0.717, 1.165) is 34.6 Å². The van der Waals surface area contributed by atoms with Crippen molar-refractivity contribution in [3.8, 4) is 0 Å². The number of aromatic amines is 1. The van der Waals surface area contributed by atoms with Crippen LogP contribution in [0.1, 0.15) is 29.5 Å². The van der Waals surface area contributed by atoms with Gasteiger partial charge in [-0.3, -0.25) is 0 Å². The Hall–Kier alpha value is -1.70. The molecule has 0 amide bonds. The van der Waals surface area contributed by atoms with Crippen LogP contribution >= 0.6 is 11.3 Å². The van der Waals surface area contributed by atoms with Gasteiger partial charge in [-0.25, -0.2) is 13.4 Å². The van der Waals surface area contributed by atoms with Crippen molar-refractivity contribution in [2.75, 3.05) is 13.1 Å². The average molecular weight is 361 g/mol. The molecule has 1 atom stereocenters. The molecule has 1 saturated heterocycles. The number of rotatable bonds is 3. The Morgan fingerprint density at radius 1 is 1.25 bits per heavy atom. The Morgan fingerprint density at radius 2 is 2.08 bits per heavy atom. The number of hydrogen-bond acceptors (Lipinski definition) is 4. The van der Waals surface area contributed by atoms with Gasteiger partial charge in [-0.1, -0.05) is 12.1 Å².